The second kappa shape index (κ2) is 10.1. The van der Waals surface area contributed by atoms with Gasteiger partial charge in [0.25, 0.3) is 0 Å². The molecule has 2 aliphatic heterocycles. The van der Waals surface area contributed by atoms with Crippen LogP contribution in [0.2, 0.25) is 0 Å². The molecular weight excluding hydrogens is 408 g/mol. The summed E-state index contributed by atoms with van der Waals surface area (Å²) >= 11 is 0. The van der Waals surface area contributed by atoms with Gasteiger partial charge in [0.2, 0.25) is 0 Å². The first kappa shape index (κ1) is 23.7. The minimum Gasteiger partial charge on any atom is -0.467 e. The number of aliphatic hydroxyl groups excluding tert-OH is 3. The van der Waals surface area contributed by atoms with Crippen molar-refractivity contribution in [3.63, 3.8) is 0 Å². The number of methoxy groups -OCH3 is 1. The normalized spacial score (nSPS) is 32.2. The van der Waals surface area contributed by atoms with Crippen LogP contribution >= 0.6 is 0 Å². The Morgan fingerprint density at radius 2 is 1.87 bits per heavy atom. The van der Waals surface area contributed by atoms with Crippen molar-refractivity contribution in [3.8, 4) is 6.01 Å². The van der Waals surface area contributed by atoms with E-state index in [9.17, 15) is 24.9 Å². The standard InChI is InChI=1S/C21H30N2O8/c1-10(11(2)24)20-17(31-20)6-16-19(28)18(27)12(9-30-16)4-14(25)5-15(26)13-7-22-21(29-3)23-8-13/h7-8,10-12,16-20,24,27-28H,4-6,9H2,1-3H3/t10-,11-,12-,16-,17-,18+,19-,20-/m0/s1. The van der Waals surface area contributed by atoms with E-state index in [-0.39, 0.29) is 54.9 Å². The van der Waals surface area contributed by atoms with E-state index in [1.165, 1.54) is 19.5 Å². The maximum Gasteiger partial charge on any atom is 0.316 e. The Bertz CT molecular complexity index is 771. The highest BCUT2D eigenvalue weighted by Gasteiger charge is 2.48. The Kier molecular flexibility index (Phi) is 7.71. The first-order valence-electron chi connectivity index (χ1n) is 10.4. The van der Waals surface area contributed by atoms with Gasteiger partial charge < -0.3 is 29.5 Å². The molecule has 1 aromatic rings. The molecule has 2 aliphatic rings. The van der Waals surface area contributed by atoms with Crippen LogP contribution in [0.4, 0.5) is 0 Å². The monoisotopic (exact) mass is 438 g/mol. The first-order valence-corrected chi connectivity index (χ1v) is 10.4. The van der Waals surface area contributed by atoms with Gasteiger partial charge in [-0.25, -0.2) is 9.97 Å². The van der Waals surface area contributed by atoms with Gasteiger partial charge in [0.1, 0.15) is 11.9 Å². The molecule has 0 radical (unpaired) electrons. The molecule has 2 saturated heterocycles. The van der Waals surface area contributed by atoms with Crippen molar-refractivity contribution < 1.29 is 39.1 Å². The van der Waals surface area contributed by atoms with Crippen molar-refractivity contribution in [1.82, 2.24) is 9.97 Å². The third-order valence-electron chi connectivity index (χ3n) is 6.08. The molecule has 0 aromatic carbocycles. The number of hydrogen-bond acceptors (Lipinski definition) is 10. The lowest BCUT2D eigenvalue weighted by Gasteiger charge is -2.37. The van der Waals surface area contributed by atoms with E-state index >= 15 is 0 Å². The molecule has 3 rings (SSSR count). The number of aromatic nitrogens is 2. The van der Waals surface area contributed by atoms with Crippen molar-refractivity contribution in [2.75, 3.05) is 13.7 Å². The van der Waals surface area contributed by atoms with E-state index in [0.717, 1.165) is 0 Å². The molecule has 8 atom stereocenters. The predicted molar refractivity (Wildman–Crippen MR) is 107 cm³/mol. The number of ketones is 2. The number of rotatable bonds is 10. The summed E-state index contributed by atoms with van der Waals surface area (Å²) < 4.78 is 16.1. The summed E-state index contributed by atoms with van der Waals surface area (Å²) in [6.45, 7) is 3.69. The Morgan fingerprint density at radius 1 is 1.19 bits per heavy atom. The van der Waals surface area contributed by atoms with Crippen LogP contribution in [-0.2, 0) is 14.3 Å². The van der Waals surface area contributed by atoms with Gasteiger partial charge in [-0.05, 0) is 6.92 Å². The van der Waals surface area contributed by atoms with Crippen molar-refractivity contribution in [3.05, 3.63) is 18.0 Å². The number of epoxide rings is 1. The highest BCUT2D eigenvalue weighted by Crippen LogP contribution is 2.37. The number of nitrogens with zero attached hydrogens (tertiary/aromatic N) is 2. The number of carbonyl (C=O) groups excluding carboxylic acids is 2. The molecule has 31 heavy (non-hydrogen) atoms. The topological polar surface area (TPSA) is 152 Å². The number of hydrogen-bond donors (Lipinski definition) is 3. The Labute approximate surface area is 180 Å². The largest absolute Gasteiger partial charge is 0.467 e. The molecule has 1 aromatic heterocycles. The lowest BCUT2D eigenvalue weighted by Crippen LogP contribution is -2.51. The molecule has 3 N–H and O–H groups in total. The third-order valence-corrected chi connectivity index (χ3v) is 6.08. The molecule has 3 heterocycles. The zero-order valence-corrected chi connectivity index (χ0v) is 17.9. The lowest BCUT2D eigenvalue weighted by atomic mass is 9.85. The minimum atomic E-state index is -1.16. The highest BCUT2D eigenvalue weighted by molar-refractivity contribution is 6.07. The number of carbonyl (C=O) groups is 2. The average molecular weight is 438 g/mol. The lowest BCUT2D eigenvalue weighted by molar-refractivity contribution is -0.170. The molecule has 172 valence electrons. The summed E-state index contributed by atoms with van der Waals surface area (Å²) in [5, 5.41) is 30.6. The Morgan fingerprint density at radius 3 is 2.48 bits per heavy atom. The van der Waals surface area contributed by atoms with Gasteiger partial charge in [0.15, 0.2) is 5.78 Å². The Balaban J connectivity index is 1.46. The van der Waals surface area contributed by atoms with E-state index in [2.05, 4.69) is 9.97 Å². The molecule has 10 heteroatoms. The van der Waals surface area contributed by atoms with Gasteiger partial charge in [-0.15, -0.1) is 0 Å². The van der Waals surface area contributed by atoms with Crippen LogP contribution in [0.25, 0.3) is 0 Å². The summed E-state index contributed by atoms with van der Waals surface area (Å²) in [6, 6.07) is 0.122. The quantitative estimate of drug-likeness (QED) is 0.257. The van der Waals surface area contributed by atoms with Crippen LogP contribution in [0, 0.1) is 11.8 Å². The SMILES string of the molecule is COc1ncc(C(=O)CC(=O)C[C@H]2CO[C@@H](C[C@@H]3O[C@H]3[C@@H](C)[C@H](C)O)[C@H](O)[C@@H]2O)cn1. The van der Waals surface area contributed by atoms with Crippen LogP contribution in [0.3, 0.4) is 0 Å². The van der Waals surface area contributed by atoms with Crippen LogP contribution in [0.1, 0.15) is 43.5 Å². The Hall–Kier alpha value is -1.98. The summed E-state index contributed by atoms with van der Waals surface area (Å²) in [7, 11) is 1.41. The van der Waals surface area contributed by atoms with Gasteiger partial charge in [0, 0.05) is 37.1 Å². The van der Waals surface area contributed by atoms with E-state index in [0.29, 0.717) is 6.42 Å². The van der Waals surface area contributed by atoms with E-state index < -0.39 is 36.1 Å². The van der Waals surface area contributed by atoms with Crippen LogP contribution in [0.5, 0.6) is 6.01 Å². The highest BCUT2D eigenvalue weighted by atomic mass is 16.6. The first-order chi connectivity index (χ1) is 14.7. The van der Waals surface area contributed by atoms with Crippen LogP contribution in [0.15, 0.2) is 12.4 Å². The number of Topliss-reactive ketones (excluding diaryl/α,β-unsaturated/α-hetero) is 2. The van der Waals surface area contributed by atoms with E-state index in [1.54, 1.807) is 6.92 Å². The molecular formula is C21H30N2O8. The number of aliphatic hydroxyl groups is 3. The molecule has 2 fully saturated rings. The van der Waals surface area contributed by atoms with Gasteiger partial charge in [-0.2, -0.15) is 0 Å². The maximum atomic E-state index is 12.3. The molecule has 0 bridgehead atoms. The molecule has 0 unspecified atom stereocenters. The van der Waals surface area contributed by atoms with Gasteiger partial charge >= 0.3 is 6.01 Å². The number of ether oxygens (including phenoxy) is 3. The van der Waals surface area contributed by atoms with E-state index in [1.807, 2.05) is 6.92 Å². The molecule has 0 amide bonds. The third kappa shape index (κ3) is 5.83. The van der Waals surface area contributed by atoms with Gasteiger partial charge in [-0.1, -0.05) is 6.92 Å². The fourth-order valence-corrected chi connectivity index (χ4v) is 3.85. The minimum absolute atomic E-state index is 0.0327. The van der Waals surface area contributed by atoms with Gasteiger partial charge in [0.05, 0.1) is 56.2 Å². The van der Waals surface area contributed by atoms with Gasteiger partial charge in [-0.3, -0.25) is 9.59 Å². The summed E-state index contributed by atoms with van der Waals surface area (Å²) in [5.41, 5.74) is 0.195. The maximum absolute atomic E-state index is 12.3. The second-order valence-electron chi connectivity index (χ2n) is 8.39. The smallest absolute Gasteiger partial charge is 0.316 e. The van der Waals surface area contributed by atoms with Crippen molar-refractivity contribution in [1.29, 1.82) is 0 Å². The summed E-state index contributed by atoms with van der Waals surface area (Å²) in [4.78, 5) is 32.3. The fraction of sp³-hybridized carbons (Fsp3) is 0.714. The molecule has 0 aliphatic carbocycles. The molecule has 0 spiro atoms. The molecule has 0 saturated carbocycles. The predicted octanol–water partition coefficient (Wildman–Crippen LogP) is -0.0716. The van der Waals surface area contributed by atoms with Crippen molar-refractivity contribution >= 4 is 11.6 Å². The second-order valence-corrected chi connectivity index (χ2v) is 8.39. The van der Waals surface area contributed by atoms with Crippen molar-refractivity contribution in [2.24, 2.45) is 11.8 Å². The average Bonchev–Trinajstić information content (AvgIpc) is 3.51. The fourth-order valence-electron chi connectivity index (χ4n) is 3.85. The van der Waals surface area contributed by atoms with Crippen molar-refractivity contribution in [2.45, 2.75) is 69.7 Å². The summed E-state index contributed by atoms with van der Waals surface area (Å²) in [5.74, 6) is -1.43. The zero-order chi connectivity index (χ0) is 22.7. The summed E-state index contributed by atoms with van der Waals surface area (Å²) in [6.07, 6.45) is -1.12. The van der Waals surface area contributed by atoms with Crippen LogP contribution < -0.4 is 4.74 Å². The molecule has 10 nitrogen and oxygen atoms in total. The zero-order valence-electron chi connectivity index (χ0n) is 17.9. The van der Waals surface area contributed by atoms with E-state index in [4.69, 9.17) is 14.2 Å². The van der Waals surface area contributed by atoms with Crippen LogP contribution in [-0.4, -0.2) is 87.2 Å².